The van der Waals surface area contributed by atoms with Crippen LogP contribution in [0.5, 0.6) is 0 Å². The van der Waals surface area contributed by atoms with Crippen molar-refractivity contribution in [1.82, 2.24) is 20.1 Å². The Balaban J connectivity index is 1.74. The summed E-state index contributed by atoms with van der Waals surface area (Å²) in [5, 5.41) is 15.3. The highest BCUT2D eigenvalue weighted by atomic mass is 127. The third-order valence-electron chi connectivity index (χ3n) is 5.12. The molecule has 0 saturated heterocycles. The van der Waals surface area contributed by atoms with Gasteiger partial charge in [-0.1, -0.05) is 49.9 Å². The molecule has 1 aromatic heterocycles. The van der Waals surface area contributed by atoms with E-state index in [2.05, 4.69) is 50.0 Å². The lowest BCUT2D eigenvalue weighted by Crippen LogP contribution is -2.33. The van der Waals surface area contributed by atoms with E-state index in [-0.39, 0.29) is 29.5 Å². The molecule has 0 aliphatic heterocycles. The van der Waals surface area contributed by atoms with Crippen LogP contribution in [0.4, 0.5) is 5.69 Å². The normalized spacial score (nSPS) is 11.8. The summed E-state index contributed by atoms with van der Waals surface area (Å²) in [6.45, 7) is 10.3. The molecule has 1 atom stereocenters. The van der Waals surface area contributed by atoms with E-state index >= 15 is 0 Å². The molecule has 9 heteroatoms. The molecule has 2 amide bonds. The molecule has 7 nitrogen and oxygen atoms in total. The molecule has 3 rings (SSSR count). The summed E-state index contributed by atoms with van der Waals surface area (Å²) >= 11 is 3.55. The maximum Gasteiger partial charge on any atom is 0.251 e. The molecule has 0 spiro atoms. The number of amides is 2. The predicted octanol–water partition coefficient (Wildman–Crippen LogP) is 5.24. The Morgan fingerprint density at radius 1 is 1.18 bits per heavy atom. The highest BCUT2D eigenvalue weighted by Crippen LogP contribution is 2.26. The van der Waals surface area contributed by atoms with Crippen LogP contribution in [0, 0.1) is 16.4 Å². The average Bonchev–Trinajstić information content (AvgIpc) is 3.20. The Bertz CT molecular complexity index is 1160. The lowest BCUT2D eigenvalue weighted by molar-refractivity contribution is -0.113. The second-order valence-electron chi connectivity index (χ2n) is 8.10. The zero-order valence-corrected chi connectivity index (χ0v) is 22.4. The van der Waals surface area contributed by atoms with E-state index in [1.807, 2.05) is 61.7 Å². The number of hydrogen-bond acceptors (Lipinski definition) is 5. The maximum atomic E-state index is 12.8. The molecule has 34 heavy (non-hydrogen) atoms. The molecule has 0 fully saturated rings. The minimum atomic E-state index is -0.349. The minimum Gasteiger partial charge on any atom is -0.342 e. The Hall–Kier alpha value is -2.66. The standard InChI is InChI=1S/C25H28IN5O2S/c1-5-13-31-23(22(16(2)3)28-24(33)18-9-7-6-8-10-18)29-30-25(31)34-15-21(32)27-20-12-11-19(26)14-17(20)4/h5-12,14,16,22H,1,13,15H2,2-4H3,(H,27,32)(H,28,33)/t22-/m1/s1. The fraction of sp³-hybridized carbons (Fsp3) is 0.280. The van der Waals surface area contributed by atoms with Gasteiger partial charge in [0.05, 0.1) is 11.8 Å². The van der Waals surface area contributed by atoms with Crippen molar-refractivity contribution >= 4 is 51.9 Å². The Kier molecular flexibility index (Phi) is 9.28. The van der Waals surface area contributed by atoms with Crippen molar-refractivity contribution in [3.63, 3.8) is 0 Å². The lowest BCUT2D eigenvalue weighted by Gasteiger charge is -2.22. The van der Waals surface area contributed by atoms with Gasteiger partial charge in [-0.05, 0) is 71.3 Å². The predicted molar refractivity (Wildman–Crippen MR) is 145 cm³/mol. The fourth-order valence-electron chi connectivity index (χ4n) is 3.36. The van der Waals surface area contributed by atoms with Gasteiger partial charge < -0.3 is 15.2 Å². The van der Waals surface area contributed by atoms with E-state index in [4.69, 9.17) is 0 Å². The molecule has 2 N–H and O–H groups in total. The third-order valence-corrected chi connectivity index (χ3v) is 6.76. The second kappa shape index (κ2) is 12.2. The van der Waals surface area contributed by atoms with Crippen molar-refractivity contribution in [3.8, 4) is 0 Å². The van der Waals surface area contributed by atoms with Gasteiger partial charge in [0, 0.05) is 21.4 Å². The summed E-state index contributed by atoms with van der Waals surface area (Å²) in [5.74, 6) is 0.598. The van der Waals surface area contributed by atoms with Crippen LogP contribution in [0.2, 0.25) is 0 Å². The summed E-state index contributed by atoms with van der Waals surface area (Å²) in [5.41, 5.74) is 2.39. The number of aryl methyl sites for hydroxylation is 1. The molecule has 0 bridgehead atoms. The van der Waals surface area contributed by atoms with Gasteiger partial charge in [0.25, 0.3) is 5.91 Å². The van der Waals surface area contributed by atoms with E-state index in [1.165, 1.54) is 11.8 Å². The zero-order valence-electron chi connectivity index (χ0n) is 19.4. The zero-order chi connectivity index (χ0) is 24.7. The number of nitrogens with zero attached hydrogens (tertiary/aromatic N) is 3. The summed E-state index contributed by atoms with van der Waals surface area (Å²) in [6, 6.07) is 14.6. The molecule has 2 aromatic carbocycles. The number of halogens is 1. The van der Waals surface area contributed by atoms with Crippen molar-refractivity contribution in [2.24, 2.45) is 5.92 Å². The van der Waals surface area contributed by atoms with Crippen LogP contribution in [0.1, 0.15) is 41.6 Å². The summed E-state index contributed by atoms with van der Waals surface area (Å²) < 4.78 is 3.02. The number of thioether (sulfide) groups is 1. The summed E-state index contributed by atoms with van der Waals surface area (Å²) in [4.78, 5) is 25.4. The molecule has 0 radical (unpaired) electrons. The van der Waals surface area contributed by atoms with Crippen LogP contribution in [0.25, 0.3) is 0 Å². The first-order valence-corrected chi connectivity index (χ1v) is 12.9. The van der Waals surface area contributed by atoms with E-state index in [0.717, 1.165) is 14.8 Å². The number of hydrogen-bond donors (Lipinski definition) is 2. The minimum absolute atomic E-state index is 0.0745. The smallest absolute Gasteiger partial charge is 0.251 e. The van der Waals surface area contributed by atoms with Crippen LogP contribution in [0.15, 0.2) is 66.3 Å². The van der Waals surface area contributed by atoms with Crippen molar-refractivity contribution in [2.45, 2.75) is 38.5 Å². The first-order valence-electron chi connectivity index (χ1n) is 10.9. The molecule has 178 valence electrons. The van der Waals surface area contributed by atoms with Gasteiger partial charge in [-0.25, -0.2) is 0 Å². The molecule has 0 aliphatic rings. The average molecular weight is 590 g/mol. The maximum absolute atomic E-state index is 12.8. The molecular formula is C25H28IN5O2S. The number of anilines is 1. The van der Waals surface area contributed by atoms with Gasteiger partial charge in [0.2, 0.25) is 5.91 Å². The monoisotopic (exact) mass is 589 g/mol. The van der Waals surface area contributed by atoms with Crippen LogP contribution in [0.3, 0.4) is 0 Å². The molecule has 0 saturated carbocycles. The second-order valence-corrected chi connectivity index (χ2v) is 10.3. The molecule has 0 aliphatic carbocycles. The van der Waals surface area contributed by atoms with Crippen LogP contribution < -0.4 is 10.6 Å². The van der Waals surface area contributed by atoms with Crippen molar-refractivity contribution in [3.05, 3.63) is 81.7 Å². The quantitative estimate of drug-likeness (QED) is 0.192. The largest absolute Gasteiger partial charge is 0.342 e. The number of carbonyl (C=O) groups excluding carboxylic acids is 2. The van der Waals surface area contributed by atoms with Gasteiger partial charge in [-0.3, -0.25) is 9.59 Å². The first-order chi connectivity index (χ1) is 16.3. The van der Waals surface area contributed by atoms with Crippen molar-refractivity contribution < 1.29 is 9.59 Å². The van der Waals surface area contributed by atoms with Gasteiger partial charge in [0.15, 0.2) is 11.0 Å². The van der Waals surface area contributed by atoms with Crippen LogP contribution in [-0.4, -0.2) is 32.3 Å². The van der Waals surface area contributed by atoms with E-state index < -0.39 is 0 Å². The molecule has 1 heterocycles. The topological polar surface area (TPSA) is 88.9 Å². The number of carbonyl (C=O) groups is 2. The lowest BCUT2D eigenvalue weighted by atomic mass is 10.0. The fourth-order valence-corrected chi connectivity index (χ4v) is 4.77. The molecule has 0 unspecified atom stereocenters. The molecule has 3 aromatic rings. The summed E-state index contributed by atoms with van der Waals surface area (Å²) in [6.07, 6.45) is 1.75. The van der Waals surface area contributed by atoms with E-state index in [0.29, 0.717) is 23.1 Å². The number of allylic oxidation sites excluding steroid dienone is 1. The summed E-state index contributed by atoms with van der Waals surface area (Å²) in [7, 11) is 0. The van der Waals surface area contributed by atoms with Gasteiger partial charge in [-0.2, -0.15) is 0 Å². The Labute approximate surface area is 218 Å². The molecular weight excluding hydrogens is 561 g/mol. The van der Waals surface area contributed by atoms with Crippen molar-refractivity contribution in [1.29, 1.82) is 0 Å². The van der Waals surface area contributed by atoms with E-state index in [9.17, 15) is 9.59 Å². The van der Waals surface area contributed by atoms with Crippen molar-refractivity contribution in [2.75, 3.05) is 11.1 Å². The first kappa shape index (κ1) is 26.0. The van der Waals surface area contributed by atoms with Gasteiger partial charge in [-0.15, -0.1) is 16.8 Å². The number of benzene rings is 2. The van der Waals surface area contributed by atoms with E-state index in [1.54, 1.807) is 18.2 Å². The highest BCUT2D eigenvalue weighted by Gasteiger charge is 2.26. The Morgan fingerprint density at radius 2 is 1.91 bits per heavy atom. The highest BCUT2D eigenvalue weighted by molar-refractivity contribution is 14.1. The van der Waals surface area contributed by atoms with Gasteiger partial charge >= 0.3 is 0 Å². The number of aromatic nitrogens is 3. The SMILES string of the molecule is C=CCn1c(SCC(=O)Nc2ccc(I)cc2C)nnc1[C@H](NC(=O)c1ccccc1)C(C)C. The number of nitrogens with one attached hydrogen (secondary N) is 2. The number of rotatable bonds is 10. The van der Waals surface area contributed by atoms with Crippen LogP contribution in [-0.2, 0) is 11.3 Å². The third kappa shape index (κ3) is 6.69. The Morgan fingerprint density at radius 3 is 2.56 bits per heavy atom. The van der Waals surface area contributed by atoms with Gasteiger partial charge in [0.1, 0.15) is 0 Å². The van der Waals surface area contributed by atoms with Crippen LogP contribution >= 0.6 is 34.4 Å².